The fourth-order valence-corrected chi connectivity index (χ4v) is 2.82. The topological polar surface area (TPSA) is 53.4 Å². The Hall–Kier alpha value is -2.06. The minimum atomic E-state index is -2.68. The molecule has 0 aliphatic carbocycles. The number of hydrogen-bond acceptors (Lipinski definition) is 4. The number of rotatable bonds is 4. The van der Waals surface area contributed by atoms with E-state index in [4.69, 9.17) is 9.31 Å². The van der Waals surface area contributed by atoms with Gasteiger partial charge in [-0.2, -0.15) is 5.10 Å². The number of nitrogens with zero attached hydrogens (tertiary/aromatic N) is 2. The molecular formula is C18H21BF2N2O3. The second kappa shape index (κ2) is 6.28. The van der Waals surface area contributed by atoms with Crippen LogP contribution in [0.3, 0.4) is 0 Å². The number of hydrogen-bond donors (Lipinski definition) is 0. The van der Waals surface area contributed by atoms with E-state index in [1.165, 1.54) is 10.7 Å². The van der Waals surface area contributed by atoms with E-state index in [1.807, 2.05) is 27.7 Å². The van der Waals surface area contributed by atoms with Crippen molar-refractivity contribution in [2.24, 2.45) is 0 Å². The maximum Gasteiger partial charge on any atom is 0.494 e. The van der Waals surface area contributed by atoms with Crippen LogP contribution in [-0.2, 0) is 9.31 Å². The molecule has 8 heteroatoms. The zero-order valence-electron chi connectivity index (χ0n) is 15.4. The second-order valence-corrected chi connectivity index (χ2v) is 7.45. The van der Waals surface area contributed by atoms with Crippen molar-refractivity contribution in [2.45, 2.75) is 52.2 Å². The summed E-state index contributed by atoms with van der Waals surface area (Å²) in [5.41, 5.74) is 0.610. The minimum absolute atomic E-state index is 0.333. The Balaban J connectivity index is 2.05. The molecule has 0 atom stereocenters. The van der Waals surface area contributed by atoms with Crippen molar-refractivity contribution in [2.75, 3.05) is 0 Å². The van der Waals surface area contributed by atoms with Crippen molar-refractivity contribution in [3.05, 3.63) is 41.2 Å². The molecule has 0 radical (unpaired) electrons. The first kappa shape index (κ1) is 18.7. The fourth-order valence-electron chi connectivity index (χ4n) is 2.82. The molecule has 1 aromatic heterocycles. The summed E-state index contributed by atoms with van der Waals surface area (Å²) >= 11 is 0. The van der Waals surface area contributed by atoms with Crippen LogP contribution in [0.1, 0.15) is 55.9 Å². The predicted molar refractivity (Wildman–Crippen MR) is 94.4 cm³/mol. The lowest BCUT2D eigenvalue weighted by atomic mass is 9.78. The number of alkyl halides is 2. The van der Waals surface area contributed by atoms with Gasteiger partial charge >= 0.3 is 7.12 Å². The van der Waals surface area contributed by atoms with Gasteiger partial charge in [-0.1, -0.05) is 6.07 Å². The molecular weight excluding hydrogens is 341 g/mol. The standard InChI is InChI=1S/C18H21BF2N2O3/c1-11-8-14(16(20)21)22-23(11)15-9-13(7-6-12(15)10-24)19-25-17(2,3)18(4,5)26-19/h6-10,16H,1-5H3. The highest BCUT2D eigenvalue weighted by Gasteiger charge is 2.51. The average molecular weight is 362 g/mol. The summed E-state index contributed by atoms with van der Waals surface area (Å²) in [5.74, 6) is 0. The van der Waals surface area contributed by atoms with E-state index in [-0.39, 0.29) is 5.69 Å². The second-order valence-electron chi connectivity index (χ2n) is 7.45. The summed E-state index contributed by atoms with van der Waals surface area (Å²) in [5, 5.41) is 3.94. The molecule has 1 aliphatic heterocycles. The first-order valence-electron chi connectivity index (χ1n) is 8.35. The Morgan fingerprint density at radius 2 is 1.77 bits per heavy atom. The molecule has 26 heavy (non-hydrogen) atoms. The van der Waals surface area contributed by atoms with E-state index in [0.29, 0.717) is 28.7 Å². The number of aryl methyl sites for hydroxylation is 1. The van der Waals surface area contributed by atoms with Crippen molar-refractivity contribution in [3.8, 4) is 5.69 Å². The summed E-state index contributed by atoms with van der Waals surface area (Å²) < 4.78 is 39.3. The normalized spacial score (nSPS) is 18.5. The van der Waals surface area contributed by atoms with Gasteiger partial charge in [0.05, 0.1) is 16.9 Å². The number of carbonyl (C=O) groups excluding carboxylic acids is 1. The van der Waals surface area contributed by atoms with Gasteiger partial charge in [-0.05, 0) is 58.3 Å². The molecule has 2 heterocycles. The highest BCUT2D eigenvalue weighted by atomic mass is 19.3. The molecule has 1 fully saturated rings. The Bertz CT molecular complexity index is 833. The highest BCUT2D eigenvalue weighted by molar-refractivity contribution is 6.62. The van der Waals surface area contributed by atoms with Gasteiger partial charge in [-0.15, -0.1) is 0 Å². The molecule has 0 saturated carbocycles. The van der Waals surface area contributed by atoms with Crippen LogP contribution in [0.2, 0.25) is 0 Å². The molecule has 0 amide bonds. The van der Waals surface area contributed by atoms with E-state index in [9.17, 15) is 13.6 Å². The van der Waals surface area contributed by atoms with Crippen LogP contribution in [0.4, 0.5) is 8.78 Å². The van der Waals surface area contributed by atoms with Gasteiger partial charge in [0.25, 0.3) is 6.43 Å². The number of aldehydes is 1. The number of benzene rings is 1. The number of halogens is 2. The van der Waals surface area contributed by atoms with E-state index in [1.54, 1.807) is 25.1 Å². The molecule has 0 unspecified atom stereocenters. The van der Waals surface area contributed by atoms with Gasteiger partial charge in [0.15, 0.2) is 6.29 Å². The summed E-state index contributed by atoms with van der Waals surface area (Å²) in [6, 6.07) is 6.36. The first-order valence-corrected chi connectivity index (χ1v) is 8.35. The minimum Gasteiger partial charge on any atom is -0.399 e. The third-order valence-electron chi connectivity index (χ3n) is 5.06. The number of aromatic nitrogens is 2. The summed E-state index contributed by atoms with van der Waals surface area (Å²) in [4.78, 5) is 11.4. The maximum atomic E-state index is 13.0. The van der Waals surface area contributed by atoms with Crippen LogP contribution >= 0.6 is 0 Å². The molecule has 1 saturated heterocycles. The van der Waals surface area contributed by atoms with Crippen molar-refractivity contribution in [1.82, 2.24) is 9.78 Å². The average Bonchev–Trinajstić information content (AvgIpc) is 3.04. The van der Waals surface area contributed by atoms with E-state index in [0.717, 1.165) is 0 Å². The SMILES string of the molecule is Cc1cc(C(F)F)nn1-c1cc(B2OC(C)(C)C(C)(C)O2)ccc1C=O. The molecule has 3 rings (SSSR count). The lowest BCUT2D eigenvalue weighted by molar-refractivity contribution is 0.00578. The van der Waals surface area contributed by atoms with E-state index >= 15 is 0 Å². The summed E-state index contributed by atoms with van der Waals surface area (Å²) in [6.45, 7) is 9.44. The van der Waals surface area contributed by atoms with Crippen LogP contribution < -0.4 is 5.46 Å². The third kappa shape index (κ3) is 3.08. The van der Waals surface area contributed by atoms with Crippen molar-refractivity contribution in [1.29, 1.82) is 0 Å². The van der Waals surface area contributed by atoms with Crippen LogP contribution in [0, 0.1) is 6.92 Å². The Morgan fingerprint density at radius 1 is 1.15 bits per heavy atom. The zero-order valence-corrected chi connectivity index (χ0v) is 15.4. The van der Waals surface area contributed by atoms with Crippen LogP contribution in [0.15, 0.2) is 24.3 Å². The molecule has 0 N–H and O–H groups in total. The zero-order chi connectivity index (χ0) is 19.3. The van der Waals surface area contributed by atoms with E-state index in [2.05, 4.69) is 5.10 Å². The predicted octanol–water partition coefficient (Wildman–Crippen LogP) is 3.23. The first-order chi connectivity index (χ1) is 12.1. The Kier molecular flexibility index (Phi) is 4.52. The largest absolute Gasteiger partial charge is 0.494 e. The molecule has 0 bridgehead atoms. The molecule has 2 aromatic rings. The van der Waals surface area contributed by atoms with Crippen molar-refractivity contribution < 1.29 is 22.9 Å². The van der Waals surface area contributed by atoms with Crippen molar-refractivity contribution >= 4 is 18.9 Å². The van der Waals surface area contributed by atoms with Gasteiger partial charge in [-0.3, -0.25) is 4.79 Å². The molecule has 5 nitrogen and oxygen atoms in total. The summed E-state index contributed by atoms with van der Waals surface area (Å²) in [6.07, 6.45) is -2.01. The molecule has 1 aliphatic rings. The smallest absolute Gasteiger partial charge is 0.399 e. The van der Waals surface area contributed by atoms with Gasteiger partial charge < -0.3 is 9.31 Å². The van der Waals surface area contributed by atoms with Gasteiger partial charge in [0.1, 0.15) is 5.69 Å². The van der Waals surface area contributed by atoms with Gasteiger partial charge in [-0.25, -0.2) is 13.5 Å². The monoisotopic (exact) mass is 362 g/mol. The fraction of sp³-hybridized carbons (Fsp3) is 0.444. The molecule has 1 aromatic carbocycles. The van der Waals surface area contributed by atoms with Crippen LogP contribution in [-0.4, -0.2) is 34.4 Å². The lowest BCUT2D eigenvalue weighted by Gasteiger charge is -2.32. The maximum absolute atomic E-state index is 13.0. The molecule has 138 valence electrons. The highest BCUT2D eigenvalue weighted by Crippen LogP contribution is 2.36. The molecule has 0 spiro atoms. The van der Waals surface area contributed by atoms with Gasteiger partial charge in [0.2, 0.25) is 0 Å². The Morgan fingerprint density at radius 3 is 2.27 bits per heavy atom. The quantitative estimate of drug-likeness (QED) is 0.619. The van der Waals surface area contributed by atoms with Crippen molar-refractivity contribution in [3.63, 3.8) is 0 Å². The Labute approximate surface area is 151 Å². The lowest BCUT2D eigenvalue weighted by Crippen LogP contribution is -2.41. The number of carbonyl (C=O) groups is 1. The van der Waals surface area contributed by atoms with E-state index < -0.39 is 24.7 Å². The van der Waals surface area contributed by atoms with Crippen LogP contribution in [0.5, 0.6) is 0 Å². The summed E-state index contributed by atoms with van der Waals surface area (Å²) in [7, 11) is -0.620. The van der Waals surface area contributed by atoms with Gasteiger partial charge in [0, 0.05) is 11.3 Å². The van der Waals surface area contributed by atoms with Crippen LogP contribution in [0.25, 0.3) is 5.69 Å². The third-order valence-corrected chi connectivity index (χ3v) is 5.06.